The van der Waals surface area contributed by atoms with Gasteiger partial charge in [-0.3, -0.25) is 0 Å². The van der Waals surface area contributed by atoms with Crippen molar-refractivity contribution in [2.24, 2.45) is 0 Å². The predicted molar refractivity (Wildman–Crippen MR) is 73.5 cm³/mol. The first-order valence-electron chi connectivity index (χ1n) is 6.85. The van der Waals surface area contributed by atoms with E-state index < -0.39 is 11.7 Å². The fourth-order valence-corrected chi connectivity index (χ4v) is 2.73. The molecule has 2 rings (SSSR count). The molecule has 0 bridgehead atoms. The molecular formula is C16H24O2. The summed E-state index contributed by atoms with van der Waals surface area (Å²) in [5.74, 6) is 0. The van der Waals surface area contributed by atoms with Crippen LogP contribution in [0.3, 0.4) is 0 Å². The smallest absolute Gasteiger partial charge is 0.115 e. The summed E-state index contributed by atoms with van der Waals surface area (Å²) < 4.78 is 0. The fraction of sp³-hybridized carbons (Fsp3) is 0.625. The molecule has 2 N–H and O–H groups in total. The second-order valence-electron chi connectivity index (χ2n) is 6.51. The van der Waals surface area contributed by atoms with Crippen molar-refractivity contribution >= 4 is 0 Å². The first-order valence-corrected chi connectivity index (χ1v) is 6.85. The Labute approximate surface area is 110 Å². The molecule has 0 radical (unpaired) electrons. The Hall–Kier alpha value is -0.860. The van der Waals surface area contributed by atoms with Crippen LogP contribution >= 0.6 is 0 Å². The topological polar surface area (TPSA) is 40.5 Å². The Balaban J connectivity index is 2.28. The molecule has 100 valence electrons. The van der Waals surface area contributed by atoms with Crippen LogP contribution in [0.1, 0.15) is 57.6 Å². The van der Waals surface area contributed by atoms with Gasteiger partial charge in [-0.25, -0.2) is 0 Å². The van der Waals surface area contributed by atoms with E-state index >= 15 is 0 Å². The third-order valence-electron chi connectivity index (χ3n) is 4.09. The molecule has 1 aromatic carbocycles. The van der Waals surface area contributed by atoms with Gasteiger partial charge in [-0.05, 0) is 29.4 Å². The third-order valence-corrected chi connectivity index (χ3v) is 4.09. The Morgan fingerprint density at radius 2 is 1.72 bits per heavy atom. The van der Waals surface area contributed by atoms with Gasteiger partial charge in [-0.2, -0.15) is 0 Å². The van der Waals surface area contributed by atoms with Crippen molar-refractivity contribution in [1.29, 1.82) is 0 Å². The lowest BCUT2D eigenvalue weighted by Crippen LogP contribution is -2.42. The Morgan fingerprint density at radius 1 is 1.11 bits per heavy atom. The van der Waals surface area contributed by atoms with E-state index in [2.05, 4.69) is 32.9 Å². The van der Waals surface area contributed by atoms with E-state index in [1.807, 2.05) is 12.1 Å². The summed E-state index contributed by atoms with van der Waals surface area (Å²) in [6, 6.07) is 8.06. The summed E-state index contributed by atoms with van der Waals surface area (Å²) in [5.41, 5.74) is 1.17. The lowest BCUT2D eigenvalue weighted by Gasteiger charge is -2.37. The van der Waals surface area contributed by atoms with E-state index in [0.29, 0.717) is 12.8 Å². The predicted octanol–water partition coefficient (Wildman–Crippen LogP) is 3.11. The monoisotopic (exact) mass is 248 g/mol. The maximum atomic E-state index is 10.7. The Bertz CT molecular complexity index is 402. The molecule has 0 aromatic heterocycles. The summed E-state index contributed by atoms with van der Waals surface area (Å²) in [5, 5.41) is 20.7. The van der Waals surface area contributed by atoms with Gasteiger partial charge in [-0.1, -0.05) is 57.9 Å². The third kappa shape index (κ3) is 2.45. The van der Waals surface area contributed by atoms with Gasteiger partial charge in [0.25, 0.3) is 0 Å². The van der Waals surface area contributed by atoms with Crippen molar-refractivity contribution in [3.8, 4) is 0 Å². The van der Waals surface area contributed by atoms with Gasteiger partial charge in [0.05, 0.1) is 6.10 Å². The molecular weight excluding hydrogens is 224 g/mol. The van der Waals surface area contributed by atoms with Crippen LogP contribution in [-0.4, -0.2) is 16.3 Å². The number of aliphatic hydroxyl groups is 2. The molecule has 0 unspecified atom stereocenters. The molecule has 0 saturated heterocycles. The Kier molecular flexibility index (Phi) is 3.52. The van der Waals surface area contributed by atoms with Crippen LogP contribution in [0.4, 0.5) is 0 Å². The minimum absolute atomic E-state index is 0.117. The van der Waals surface area contributed by atoms with E-state index in [0.717, 1.165) is 18.4 Å². The SMILES string of the molecule is CC(C)(C)c1ccc([C@@]2(O)CCCC[C@@H]2O)cc1. The average molecular weight is 248 g/mol. The van der Waals surface area contributed by atoms with Gasteiger partial charge >= 0.3 is 0 Å². The molecule has 2 atom stereocenters. The van der Waals surface area contributed by atoms with E-state index in [9.17, 15) is 10.2 Å². The molecule has 18 heavy (non-hydrogen) atoms. The summed E-state index contributed by atoms with van der Waals surface area (Å²) in [4.78, 5) is 0. The fourth-order valence-electron chi connectivity index (χ4n) is 2.73. The van der Waals surface area contributed by atoms with Crippen molar-refractivity contribution in [2.75, 3.05) is 0 Å². The van der Waals surface area contributed by atoms with E-state index in [1.54, 1.807) is 0 Å². The lowest BCUT2D eigenvalue weighted by atomic mass is 9.76. The van der Waals surface area contributed by atoms with Gasteiger partial charge in [0, 0.05) is 0 Å². The first-order chi connectivity index (χ1) is 8.34. The van der Waals surface area contributed by atoms with Gasteiger partial charge in [-0.15, -0.1) is 0 Å². The molecule has 2 nitrogen and oxygen atoms in total. The maximum absolute atomic E-state index is 10.7. The second-order valence-corrected chi connectivity index (χ2v) is 6.51. The van der Waals surface area contributed by atoms with Crippen molar-refractivity contribution in [1.82, 2.24) is 0 Å². The van der Waals surface area contributed by atoms with Gasteiger partial charge in [0.15, 0.2) is 0 Å². The van der Waals surface area contributed by atoms with Gasteiger partial charge in [0.2, 0.25) is 0 Å². The molecule has 0 amide bonds. The van der Waals surface area contributed by atoms with Crippen LogP contribution in [0, 0.1) is 0 Å². The standard InChI is InChI=1S/C16H24O2/c1-15(2,3)12-7-9-13(10-8-12)16(18)11-5-4-6-14(16)17/h7-10,14,17-18H,4-6,11H2,1-3H3/t14-,16-/m0/s1. The van der Waals surface area contributed by atoms with E-state index in [4.69, 9.17) is 0 Å². The number of hydrogen-bond acceptors (Lipinski definition) is 2. The highest BCUT2D eigenvalue weighted by atomic mass is 16.3. The molecule has 0 aliphatic heterocycles. The van der Waals surface area contributed by atoms with Crippen molar-refractivity contribution in [2.45, 2.75) is 63.6 Å². The summed E-state index contributed by atoms with van der Waals surface area (Å²) in [6.45, 7) is 6.52. The molecule has 0 heterocycles. The van der Waals surface area contributed by atoms with E-state index in [1.165, 1.54) is 5.56 Å². The number of rotatable bonds is 1. The van der Waals surface area contributed by atoms with Crippen LogP contribution in [0.25, 0.3) is 0 Å². The molecule has 1 saturated carbocycles. The number of aliphatic hydroxyl groups excluding tert-OH is 1. The van der Waals surface area contributed by atoms with Crippen LogP contribution < -0.4 is 0 Å². The van der Waals surface area contributed by atoms with Crippen LogP contribution in [-0.2, 0) is 11.0 Å². The highest BCUT2D eigenvalue weighted by Crippen LogP contribution is 2.37. The number of hydrogen-bond donors (Lipinski definition) is 2. The zero-order valence-corrected chi connectivity index (χ0v) is 11.6. The molecule has 0 spiro atoms. The first kappa shape index (κ1) is 13.6. The average Bonchev–Trinajstić information content (AvgIpc) is 2.32. The summed E-state index contributed by atoms with van der Waals surface area (Å²) in [7, 11) is 0. The van der Waals surface area contributed by atoms with Gasteiger partial charge < -0.3 is 10.2 Å². The second kappa shape index (κ2) is 4.67. The minimum atomic E-state index is -1.05. The largest absolute Gasteiger partial charge is 0.390 e. The molecule has 1 aliphatic rings. The zero-order chi connectivity index (χ0) is 13.4. The number of benzene rings is 1. The minimum Gasteiger partial charge on any atom is -0.390 e. The lowest BCUT2D eigenvalue weighted by molar-refractivity contribution is -0.106. The quantitative estimate of drug-likeness (QED) is 0.801. The van der Waals surface area contributed by atoms with Gasteiger partial charge in [0.1, 0.15) is 5.60 Å². The summed E-state index contributed by atoms with van der Waals surface area (Å²) in [6.07, 6.45) is 2.70. The van der Waals surface area contributed by atoms with Crippen molar-refractivity contribution < 1.29 is 10.2 Å². The molecule has 2 heteroatoms. The van der Waals surface area contributed by atoms with Crippen molar-refractivity contribution in [3.63, 3.8) is 0 Å². The van der Waals surface area contributed by atoms with Crippen molar-refractivity contribution in [3.05, 3.63) is 35.4 Å². The molecule has 1 fully saturated rings. The zero-order valence-electron chi connectivity index (χ0n) is 11.6. The molecule has 1 aromatic rings. The van der Waals surface area contributed by atoms with Crippen LogP contribution in [0.5, 0.6) is 0 Å². The van der Waals surface area contributed by atoms with Crippen LogP contribution in [0.15, 0.2) is 24.3 Å². The highest BCUT2D eigenvalue weighted by molar-refractivity contribution is 5.31. The van der Waals surface area contributed by atoms with Crippen LogP contribution in [0.2, 0.25) is 0 Å². The normalized spacial score (nSPS) is 29.3. The highest BCUT2D eigenvalue weighted by Gasteiger charge is 2.39. The van der Waals surface area contributed by atoms with E-state index in [-0.39, 0.29) is 5.41 Å². The molecule has 1 aliphatic carbocycles. The maximum Gasteiger partial charge on any atom is 0.115 e. The Morgan fingerprint density at radius 3 is 2.22 bits per heavy atom. The summed E-state index contributed by atoms with van der Waals surface area (Å²) >= 11 is 0.